The Morgan fingerprint density at radius 1 is 1.11 bits per heavy atom. The van der Waals surface area contributed by atoms with E-state index in [1.807, 2.05) is 35.9 Å². The molecule has 0 saturated carbocycles. The number of hydrogen-bond acceptors (Lipinski definition) is 3. The molecule has 7 heteroatoms. The summed E-state index contributed by atoms with van der Waals surface area (Å²) in [5.41, 5.74) is 3.25. The van der Waals surface area contributed by atoms with Crippen molar-refractivity contribution in [3.63, 3.8) is 0 Å². The molecular formula is C20H14Cl2N4O. The van der Waals surface area contributed by atoms with Crippen molar-refractivity contribution in [2.45, 2.75) is 6.92 Å². The van der Waals surface area contributed by atoms with Gasteiger partial charge in [0.05, 0.1) is 38.8 Å². The van der Waals surface area contributed by atoms with E-state index < -0.39 is 0 Å². The standard InChI is InChI=1S/C20H14Cl2N4O/c1-12-10-17(26-9-8-23-11-26)13-4-2-7-16(19(13)24-12)25-20(27)18-14(21)5-3-6-15(18)22/h2-11H,1H3,(H,25,27). The summed E-state index contributed by atoms with van der Waals surface area (Å²) >= 11 is 12.3. The predicted octanol–water partition coefficient (Wildman–Crippen LogP) is 5.29. The molecule has 0 spiro atoms. The normalized spacial score (nSPS) is 10.9. The zero-order valence-corrected chi connectivity index (χ0v) is 15.8. The van der Waals surface area contributed by atoms with Crippen LogP contribution in [-0.2, 0) is 0 Å². The van der Waals surface area contributed by atoms with Crippen LogP contribution < -0.4 is 5.32 Å². The topological polar surface area (TPSA) is 59.8 Å². The molecule has 0 atom stereocenters. The van der Waals surface area contributed by atoms with Crippen molar-refractivity contribution in [1.29, 1.82) is 0 Å². The van der Waals surface area contributed by atoms with Gasteiger partial charge in [0, 0.05) is 23.5 Å². The Labute approximate surface area is 165 Å². The molecule has 4 aromatic rings. The lowest BCUT2D eigenvalue weighted by Gasteiger charge is -2.13. The second-order valence-corrected chi connectivity index (χ2v) is 6.82. The van der Waals surface area contributed by atoms with Gasteiger partial charge in [0.15, 0.2) is 0 Å². The molecule has 0 aliphatic heterocycles. The van der Waals surface area contributed by atoms with Crippen LogP contribution in [0.25, 0.3) is 16.6 Å². The molecule has 2 heterocycles. The summed E-state index contributed by atoms with van der Waals surface area (Å²) in [6.07, 6.45) is 5.30. The summed E-state index contributed by atoms with van der Waals surface area (Å²) in [7, 11) is 0. The first-order valence-electron chi connectivity index (χ1n) is 8.18. The van der Waals surface area contributed by atoms with E-state index in [0.717, 1.165) is 16.8 Å². The van der Waals surface area contributed by atoms with Crippen molar-refractivity contribution >= 4 is 45.7 Å². The summed E-state index contributed by atoms with van der Waals surface area (Å²) in [5, 5.41) is 4.37. The zero-order valence-electron chi connectivity index (χ0n) is 14.3. The number of carbonyl (C=O) groups is 1. The quantitative estimate of drug-likeness (QED) is 0.511. The summed E-state index contributed by atoms with van der Waals surface area (Å²) in [6, 6.07) is 12.5. The first kappa shape index (κ1) is 17.5. The number of aromatic nitrogens is 3. The summed E-state index contributed by atoms with van der Waals surface area (Å²) in [6.45, 7) is 1.91. The van der Waals surface area contributed by atoms with Crippen molar-refractivity contribution in [2.24, 2.45) is 0 Å². The fourth-order valence-electron chi connectivity index (χ4n) is 2.97. The molecule has 0 radical (unpaired) electrons. The maximum Gasteiger partial charge on any atom is 0.258 e. The van der Waals surface area contributed by atoms with Gasteiger partial charge in [0.25, 0.3) is 5.91 Å². The third-order valence-electron chi connectivity index (χ3n) is 4.17. The second-order valence-electron chi connectivity index (χ2n) is 6.01. The van der Waals surface area contributed by atoms with Gasteiger partial charge in [-0.3, -0.25) is 9.78 Å². The third-order valence-corrected chi connectivity index (χ3v) is 4.80. The molecule has 27 heavy (non-hydrogen) atoms. The van der Waals surface area contributed by atoms with Gasteiger partial charge in [-0.25, -0.2) is 4.98 Å². The molecule has 1 amide bonds. The van der Waals surface area contributed by atoms with E-state index in [1.54, 1.807) is 36.8 Å². The average molecular weight is 397 g/mol. The number of imidazole rings is 1. The Morgan fingerprint density at radius 2 is 1.85 bits per heavy atom. The number of benzene rings is 2. The highest BCUT2D eigenvalue weighted by Gasteiger charge is 2.17. The number of aryl methyl sites for hydroxylation is 1. The van der Waals surface area contributed by atoms with Crippen LogP contribution in [0.15, 0.2) is 61.2 Å². The largest absolute Gasteiger partial charge is 0.320 e. The predicted molar refractivity (Wildman–Crippen MR) is 108 cm³/mol. The van der Waals surface area contributed by atoms with Gasteiger partial charge in [-0.15, -0.1) is 0 Å². The molecule has 0 fully saturated rings. The Kier molecular flexibility index (Phi) is 4.56. The molecule has 1 N–H and O–H groups in total. The minimum Gasteiger partial charge on any atom is -0.320 e. The molecule has 2 aromatic heterocycles. The minimum atomic E-state index is -0.384. The van der Waals surface area contributed by atoms with E-state index in [0.29, 0.717) is 21.2 Å². The summed E-state index contributed by atoms with van der Waals surface area (Å²) in [4.78, 5) is 21.5. The number of nitrogens with one attached hydrogen (secondary N) is 1. The Morgan fingerprint density at radius 3 is 2.56 bits per heavy atom. The number of para-hydroxylation sites is 1. The van der Waals surface area contributed by atoms with Crippen LogP contribution in [-0.4, -0.2) is 20.4 Å². The second kappa shape index (κ2) is 7.02. The number of halogens is 2. The highest BCUT2D eigenvalue weighted by Crippen LogP contribution is 2.30. The van der Waals surface area contributed by atoms with E-state index in [4.69, 9.17) is 23.2 Å². The van der Waals surface area contributed by atoms with Crippen LogP contribution in [0.4, 0.5) is 5.69 Å². The molecule has 5 nitrogen and oxygen atoms in total. The third kappa shape index (κ3) is 3.27. The van der Waals surface area contributed by atoms with Crippen molar-refractivity contribution in [3.8, 4) is 5.69 Å². The van der Waals surface area contributed by atoms with Crippen LogP contribution in [0, 0.1) is 6.92 Å². The van der Waals surface area contributed by atoms with Gasteiger partial charge in [0.1, 0.15) is 0 Å². The molecule has 2 aromatic carbocycles. The van der Waals surface area contributed by atoms with Gasteiger partial charge < -0.3 is 9.88 Å². The van der Waals surface area contributed by atoms with E-state index in [9.17, 15) is 4.79 Å². The first-order chi connectivity index (χ1) is 13.0. The van der Waals surface area contributed by atoms with Gasteiger partial charge >= 0.3 is 0 Å². The Bertz CT molecular complexity index is 1140. The SMILES string of the molecule is Cc1cc(-n2ccnc2)c2cccc(NC(=O)c3c(Cl)cccc3Cl)c2n1. The average Bonchev–Trinajstić information content (AvgIpc) is 3.16. The number of anilines is 1. The number of rotatable bonds is 3. The number of fused-ring (bicyclic) bond motifs is 1. The molecule has 0 unspecified atom stereocenters. The minimum absolute atomic E-state index is 0.236. The molecule has 0 aliphatic carbocycles. The van der Waals surface area contributed by atoms with Crippen molar-refractivity contribution in [3.05, 3.63) is 82.5 Å². The lowest BCUT2D eigenvalue weighted by atomic mass is 10.1. The molecular weight excluding hydrogens is 383 g/mol. The Hall–Kier alpha value is -2.89. The number of amides is 1. The number of carbonyl (C=O) groups excluding carboxylic acids is 1. The summed E-state index contributed by atoms with van der Waals surface area (Å²) in [5.74, 6) is -0.384. The van der Waals surface area contributed by atoms with Crippen LogP contribution in [0.1, 0.15) is 16.1 Å². The highest BCUT2D eigenvalue weighted by molar-refractivity contribution is 6.40. The van der Waals surface area contributed by atoms with Gasteiger partial charge in [-0.1, -0.05) is 41.4 Å². The van der Waals surface area contributed by atoms with Crippen LogP contribution in [0.3, 0.4) is 0 Å². The molecule has 0 aliphatic rings. The van der Waals surface area contributed by atoms with Crippen molar-refractivity contribution < 1.29 is 4.79 Å². The first-order valence-corrected chi connectivity index (χ1v) is 8.94. The number of nitrogens with zero attached hydrogens (tertiary/aromatic N) is 3. The van der Waals surface area contributed by atoms with Gasteiger partial charge in [0.2, 0.25) is 0 Å². The Balaban J connectivity index is 1.83. The van der Waals surface area contributed by atoms with Crippen LogP contribution in [0.5, 0.6) is 0 Å². The van der Waals surface area contributed by atoms with Crippen molar-refractivity contribution in [1.82, 2.24) is 14.5 Å². The monoisotopic (exact) mass is 396 g/mol. The number of hydrogen-bond donors (Lipinski definition) is 1. The maximum atomic E-state index is 12.8. The lowest BCUT2D eigenvalue weighted by Crippen LogP contribution is -2.14. The van der Waals surface area contributed by atoms with Crippen molar-refractivity contribution in [2.75, 3.05) is 5.32 Å². The van der Waals surface area contributed by atoms with Crippen LogP contribution >= 0.6 is 23.2 Å². The van der Waals surface area contributed by atoms with E-state index in [-0.39, 0.29) is 11.5 Å². The summed E-state index contributed by atoms with van der Waals surface area (Å²) < 4.78 is 1.91. The zero-order chi connectivity index (χ0) is 19.0. The molecule has 0 saturated heterocycles. The smallest absolute Gasteiger partial charge is 0.258 e. The lowest BCUT2D eigenvalue weighted by molar-refractivity contribution is 0.102. The van der Waals surface area contributed by atoms with E-state index in [2.05, 4.69) is 15.3 Å². The fraction of sp³-hybridized carbons (Fsp3) is 0.0500. The van der Waals surface area contributed by atoms with E-state index >= 15 is 0 Å². The maximum absolute atomic E-state index is 12.8. The van der Waals surface area contributed by atoms with Crippen LogP contribution in [0.2, 0.25) is 10.0 Å². The van der Waals surface area contributed by atoms with Gasteiger partial charge in [-0.2, -0.15) is 0 Å². The molecule has 0 bridgehead atoms. The molecule has 134 valence electrons. The molecule has 4 rings (SSSR count). The van der Waals surface area contributed by atoms with Gasteiger partial charge in [-0.05, 0) is 31.2 Å². The fourth-order valence-corrected chi connectivity index (χ4v) is 3.54. The number of pyridine rings is 1. The van der Waals surface area contributed by atoms with E-state index in [1.165, 1.54) is 0 Å². The highest BCUT2D eigenvalue weighted by atomic mass is 35.5.